The molecule has 0 amide bonds. The lowest BCUT2D eigenvalue weighted by atomic mass is 9.99. The van der Waals surface area contributed by atoms with Crippen molar-refractivity contribution in [2.75, 3.05) is 18.4 Å². The monoisotopic (exact) mass is 434 g/mol. The van der Waals surface area contributed by atoms with Gasteiger partial charge in [-0.25, -0.2) is 0 Å². The molecule has 0 aromatic heterocycles. The van der Waals surface area contributed by atoms with Gasteiger partial charge in [0, 0.05) is 28.8 Å². The van der Waals surface area contributed by atoms with Gasteiger partial charge in [-0.15, -0.1) is 0 Å². The summed E-state index contributed by atoms with van der Waals surface area (Å²) >= 11 is 12.8. The predicted octanol–water partition coefficient (Wildman–Crippen LogP) is 6.08. The van der Waals surface area contributed by atoms with E-state index in [1.54, 1.807) is 0 Å². The summed E-state index contributed by atoms with van der Waals surface area (Å²) in [6, 6.07) is 10.4. The number of benzene rings is 2. The highest BCUT2D eigenvalue weighted by atomic mass is 35.5. The number of carbonyl (C=O) groups is 1. The van der Waals surface area contributed by atoms with Gasteiger partial charge in [-0.3, -0.25) is 9.69 Å². The molecule has 1 unspecified atom stereocenters. The lowest BCUT2D eigenvalue weighted by Crippen LogP contribution is -2.23. The van der Waals surface area contributed by atoms with Crippen LogP contribution in [0.3, 0.4) is 0 Å². The summed E-state index contributed by atoms with van der Waals surface area (Å²) in [4.78, 5) is 13.4. The van der Waals surface area contributed by atoms with Gasteiger partial charge in [0.25, 0.3) is 0 Å². The van der Waals surface area contributed by atoms with Crippen molar-refractivity contribution >= 4 is 34.9 Å². The van der Waals surface area contributed by atoms with E-state index in [0.29, 0.717) is 24.5 Å². The van der Waals surface area contributed by atoms with Crippen molar-refractivity contribution in [1.29, 1.82) is 0 Å². The van der Waals surface area contributed by atoms with Crippen molar-refractivity contribution in [3.05, 3.63) is 62.6 Å². The fourth-order valence-corrected chi connectivity index (χ4v) is 4.29. The molecule has 0 saturated carbocycles. The summed E-state index contributed by atoms with van der Waals surface area (Å²) in [5.41, 5.74) is 5.41. The smallest absolute Gasteiger partial charge is 0.307 e. The third-order valence-corrected chi connectivity index (χ3v) is 6.64. The number of anilines is 1. The Balaban J connectivity index is 1.75. The second kappa shape index (κ2) is 9.38. The molecule has 6 heteroatoms. The standard InChI is InChI=1S/C23H28Cl2N2O2/c1-4-21(17-9-14(2)22(25)15(3)10-17)26-19-5-6-20(24)18(11-19)13-27-8-7-16(12-27)23(28)29/h5-6,9-11,16,21,26H,4,7-8,12-13H2,1-3H3,(H,28,29)/t16?,21-/m1/s1. The number of likely N-dealkylation sites (tertiary alicyclic amines) is 1. The maximum Gasteiger partial charge on any atom is 0.307 e. The molecule has 2 N–H and O–H groups in total. The molecule has 1 fully saturated rings. The topological polar surface area (TPSA) is 52.6 Å². The third-order valence-electron chi connectivity index (χ3n) is 5.67. The number of aryl methyl sites for hydroxylation is 2. The number of halogens is 2. The summed E-state index contributed by atoms with van der Waals surface area (Å²) in [6.07, 6.45) is 1.63. The van der Waals surface area contributed by atoms with Gasteiger partial charge in [0.2, 0.25) is 0 Å². The average Bonchev–Trinajstić information content (AvgIpc) is 3.15. The van der Waals surface area contributed by atoms with Crippen molar-refractivity contribution < 1.29 is 9.90 Å². The normalized spacial score (nSPS) is 18.0. The first-order valence-electron chi connectivity index (χ1n) is 10.0. The minimum atomic E-state index is -0.714. The molecule has 29 heavy (non-hydrogen) atoms. The number of rotatable bonds is 7. The largest absolute Gasteiger partial charge is 0.481 e. The van der Waals surface area contributed by atoms with Crippen LogP contribution >= 0.6 is 23.2 Å². The van der Waals surface area contributed by atoms with Crippen LogP contribution in [0.4, 0.5) is 5.69 Å². The van der Waals surface area contributed by atoms with Crippen molar-refractivity contribution in [2.24, 2.45) is 5.92 Å². The maximum atomic E-state index is 11.2. The number of hydrogen-bond donors (Lipinski definition) is 2. The Labute approximate surface area is 182 Å². The summed E-state index contributed by atoms with van der Waals surface area (Å²) in [5, 5.41) is 14.4. The average molecular weight is 435 g/mol. The SMILES string of the molecule is CC[C@@H](Nc1ccc(Cl)c(CN2CCC(C(=O)O)C2)c1)c1cc(C)c(Cl)c(C)c1. The molecule has 2 aromatic carbocycles. The van der Waals surface area contributed by atoms with Gasteiger partial charge in [0.05, 0.1) is 12.0 Å². The third kappa shape index (κ3) is 5.25. The van der Waals surface area contributed by atoms with Crippen LogP contribution in [0, 0.1) is 19.8 Å². The van der Waals surface area contributed by atoms with Crippen molar-refractivity contribution in [3.63, 3.8) is 0 Å². The van der Waals surface area contributed by atoms with Crippen LogP contribution in [0.2, 0.25) is 10.0 Å². The van der Waals surface area contributed by atoms with Crippen molar-refractivity contribution in [3.8, 4) is 0 Å². The molecule has 4 nitrogen and oxygen atoms in total. The van der Waals surface area contributed by atoms with Crippen LogP contribution in [0.5, 0.6) is 0 Å². The summed E-state index contributed by atoms with van der Waals surface area (Å²) in [5.74, 6) is -0.996. The van der Waals surface area contributed by atoms with Crippen LogP contribution in [0.25, 0.3) is 0 Å². The second-order valence-electron chi connectivity index (χ2n) is 7.94. The number of aliphatic carboxylic acids is 1. The van der Waals surface area contributed by atoms with Gasteiger partial charge in [0.1, 0.15) is 0 Å². The van der Waals surface area contributed by atoms with Crippen LogP contribution in [-0.4, -0.2) is 29.1 Å². The van der Waals surface area contributed by atoms with E-state index in [1.165, 1.54) is 5.56 Å². The first kappa shape index (κ1) is 21.9. The van der Waals surface area contributed by atoms with E-state index >= 15 is 0 Å². The zero-order valence-electron chi connectivity index (χ0n) is 17.1. The Morgan fingerprint density at radius 3 is 2.52 bits per heavy atom. The molecule has 3 rings (SSSR count). The molecule has 1 saturated heterocycles. The van der Waals surface area contributed by atoms with Crippen LogP contribution < -0.4 is 5.32 Å². The molecule has 1 heterocycles. The molecule has 2 aromatic rings. The van der Waals surface area contributed by atoms with E-state index in [0.717, 1.165) is 40.4 Å². The highest BCUT2D eigenvalue weighted by Gasteiger charge is 2.28. The molecular weight excluding hydrogens is 407 g/mol. The molecule has 156 valence electrons. The van der Waals surface area contributed by atoms with Gasteiger partial charge in [-0.1, -0.05) is 42.3 Å². The Morgan fingerprint density at radius 2 is 1.93 bits per heavy atom. The number of carboxylic acid groups (broad SMARTS) is 1. The van der Waals surface area contributed by atoms with Gasteiger partial charge in [-0.05, 0) is 73.7 Å². The van der Waals surface area contributed by atoms with Crippen molar-refractivity contribution in [1.82, 2.24) is 4.90 Å². The molecule has 1 aliphatic heterocycles. The Hall–Kier alpha value is -1.75. The molecular formula is C23H28Cl2N2O2. The molecule has 0 aliphatic carbocycles. The quantitative estimate of drug-likeness (QED) is 0.554. The number of carboxylic acids is 1. The number of hydrogen-bond acceptors (Lipinski definition) is 3. The first-order chi connectivity index (χ1) is 13.8. The van der Waals surface area contributed by atoms with Crippen LogP contribution in [0.1, 0.15) is 48.1 Å². The van der Waals surface area contributed by atoms with Gasteiger partial charge in [-0.2, -0.15) is 0 Å². The first-order valence-corrected chi connectivity index (χ1v) is 10.8. The van der Waals surface area contributed by atoms with Gasteiger partial charge in [0.15, 0.2) is 0 Å². The highest BCUT2D eigenvalue weighted by Crippen LogP contribution is 2.31. The van der Waals surface area contributed by atoms with E-state index in [9.17, 15) is 9.90 Å². The minimum Gasteiger partial charge on any atom is -0.481 e. The van der Waals surface area contributed by atoms with E-state index < -0.39 is 5.97 Å². The van der Waals surface area contributed by atoms with E-state index in [4.69, 9.17) is 23.2 Å². The molecule has 2 atom stereocenters. The molecule has 0 bridgehead atoms. The second-order valence-corrected chi connectivity index (χ2v) is 8.72. The maximum absolute atomic E-state index is 11.2. The Kier molecular flexibility index (Phi) is 7.10. The lowest BCUT2D eigenvalue weighted by molar-refractivity contribution is -0.141. The van der Waals surface area contributed by atoms with Crippen LogP contribution in [-0.2, 0) is 11.3 Å². The Morgan fingerprint density at radius 1 is 1.24 bits per heavy atom. The zero-order valence-corrected chi connectivity index (χ0v) is 18.6. The summed E-state index contributed by atoms with van der Waals surface area (Å²) < 4.78 is 0. The lowest BCUT2D eigenvalue weighted by Gasteiger charge is -2.22. The Bertz CT molecular complexity index is 877. The van der Waals surface area contributed by atoms with Crippen LogP contribution in [0.15, 0.2) is 30.3 Å². The fourth-order valence-electron chi connectivity index (χ4n) is 4.01. The zero-order chi connectivity index (χ0) is 21.1. The van der Waals surface area contributed by atoms with E-state index in [-0.39, 0.29) is 12.0 Å². The van der Waals surface area contributed by atoms with Gasteiger partial charge < -0.3 is 10.4 Å². The molecule has 0 spiro atoms. The number of nitrogens with one attached hydrogen (secondary N) is 1. The van der Waals surface area contributed by atoms with E-state index in [2.05, 4.69) is 35.3 Å². The molecule has 0 radical (unpaired) electrons. The number of nitrogens with zero attached hydrogens (tertiary/aromatic N) is 1. The minimum absolute atomic E-state index is 0.168. The fraction of sp³-hybridized carbons (Fsp3) is 0.435. The summed E-state index contributed by atoms with van der Waals surface area (Å²) in [7, 11) is 0. The van der Waals surface area contributed by atoms with Gasteiger partial charge >= 0.3 is 5.97 Å². The van der Waals surface area contributed by atoms with Crippen molar-refractivity contribution in [2.45, 2.75) is 46.2 Å². The molecule has 1 aliphatic rings. The summed E-state index contributed by atoms with van der Waals surface area (Å²) in [6.45, 7) is 8.24. The predicted molar refractivity (Wildman–Crippen MR) is 120 cm³/mol. The highest BCUT2D eigenvalue weighted by molar-refractivity contribution is 6.32. The van der Waals surface area contributed by atoms with E-state index in [1.807, 2.05) is 26.0 Å².